The van der Waals surface area contributed by atoms with Crippen LogP contribution in [-0.4, -0.2) is 27.0 Å². The number of nitrogens with two attached hydrogens (primary N) is 1. The first kappa shape index (κ1) is 11.5. The summed E-state index contributed by atoms with van der Waals surface area (Å²) in [6.07, 6.45) is 0. The smallest absolute Gasteiger partial charge is 0.314 e. The van der Waals surface area contributed by atoms with E-state index in [0.29, 0.717) is 11.6 Å². The second kappa shape index (κ2) is 4.88. The van der Waals surface area contributed by atoms with Gasteiger partial charge in [-0.05, 0) is 24.3 Å². The van der Waals surface area contributed by atoms with Gasteiger partial charge in [0.05, 0.1) is 0 Å². The molecule has 2 rings (SSSR count). The molecule has 0 aliphatic carbocycles. The number of rotatable bonds is 4. The normalized spacial score (nSPS) is 10.4. The number of aliphatic carboxylic acids is 1. The summed E-state index contributed by atoms with van der Waals surface area (Å²) < 4.78 is 5.30. The summed E-state index contributed by atoms with van der Waals surface area (Å²) in [6.45, 7) is 0. The highest BCUT2D eigenvalue weighted by atomic mass is 32.2. The quantitative estimate of drug-likeness (QED) is 0.626. The SMILES string of the molecule is Nc1ccc(-c2nnc(SCC(=O)O)o2)cc1. The second-order valence-electron chi connectivity index (χ2n) is 3.18. The van der Waals surface area contributed by atoms with Crippen molar-refractivity contribution in [3.63, 3.8) is 0 Å². The minimum atomic E-state index is -0.928. The lowest BCUT2D eigenvalue weighted by atomic mass is 10.2. The van der Waals surface area contributed by atoms with Crippen LogP contribution in [0.2, 0.25) is 0 Å². The van der Waals surface area contributed by atoms with Crippen LogP contribution in [0.3, 0.4) is 0 Å². The third-order valence-electron chi connectivity index (χ3n) is 1.88. The summed E-state index contributed by atoms with van der Waals surface area (Å²) >= 11 is 0.983. The fraction of sp³-hybridized carbons (Fsp3) is 0.100. The first-order valence-electron chi connectivity index (χ1n) is 4.69. The second-order valence-corrected chi connectivity index (χ2v) is 4.10. The Morgan fingerprint density at radius 3 is 2.71 bits per heavy atom. The van der Waals surface area contributed by atoms with E-state index >= 15 is 0 Å². The number of thioether (sulfide) groups is 1. The van der Waals surface area contributed by atoms with Crippen LogP contribution in [0, 0.1) is 0 Å². The van der Waals surface area contributed by atoms with Crippen molar-refractivity contribution in [1.82, 2.24) is 10.2 Å². The molecule has 0 unspecified atom stereocenters. The van der Waals surface area contributed by atoms with Crippen molar-refractivity contribution in [1.29, 1.82) is 0 Å². The van der Waals surface area contributed by atoms with Crippen LogP contribution in [0.4, 0.5) is 5.69 Å². The number of hydrogen-bond acceptors (Lipinski definition) is 6. The van der Waals surface area contributed by atoms with E-state index in [2.05, 4.69) is 10.2 Å². The molecule has 0 aliphatic heterocycles. The molecule has 0 radical (unpaired) electrons. The molecule has 1 heterocycles. The lowest BCUT2D eigenvalue weighted by molar-refractivity contribution is -0.133. The van der Waals surface area contributed by atoms with Crippen LogP contribution < -0.4 is 5.73 Å². The average molecular weight is 251 g/mol. The zero-order valence-corrected chi connectivity index (χ0v) is 9.48. The maximum absolute atomic E-state index is 10.4. The van der Waals surface area contributed by atoms with E-state index in [4.69, 9.17) is 15.3 Å². The Balaban J connectivity index is 2.12. The zero-order chi connectivity index (χ0) is 12.3. The van der Waals surface area contributed by atoms with Crippen molar-refractivity contribution in [2.45, 2.75) is 5.22 Å². The van der Waals surface area contributed by atoms with Crippen molar-refractivity contribution in [2.24, 2.45) is 0 Å². The van der Waals surface area contributed by atoms with E-state index in [-0.39, 0.29) is 11.0 Å². The monoisotopic (exact) mass is 251 g/mol. The first-order chi connectivity index (χ1) is 8.15. The zero-order valence-electron chi connectivity index (χ0n) is 8.66. The highest BCUT2D eigenvalue weighted by Gasteiger charge is 2.10. The fourth-order valence-corrected chi connectivity index (χ4v) is 1.62. The highest BCUT2D eigenvalue weighted by molar-refractivity contribution is 7.99. The van der Waals surface area contributed by atoms with Gasteiger partial charge >= 0.3 is 5.97 Å². The molecule has 7 heteroatoms. The van der Waals surface area contributed by atoms with Gasteiger partial charge in [0, 0.05) is 11.3 Å². The molecule has 0 fully saturated rings. The third-order valence-corrected chi connectivity index (χ3v) is 2.69. The Morgan fingerprint density at radius 1 is 1.35 bits per heavy atom. The molecule has 0 aliphatic rings. The van der Waals surface area contributed by atoms with E-state index in [1.807, 2.05) is 0 Å². The van der Waals surface area contributed by atoms with Crippen LogP contribution >= 0.6 is 11.8 Å². The number of anilines is 1. The molecule has 0 amide bonds. The summed E-state index contributed by atoms with van der Waals surface area (Å²) in [5.74, 6) is -0.691. The molecule has 1 aromatic carbocycles. The van der Waals surface area contributed by atoms with Crippen molar-refractivity contribution in [3.8, 4) is 11.5 Å². The molecule has 0 spiro atoms. The lowest BCUT2D eigenvalue weighted by Crippen LogP contribution is -1.97. The van der Waals surface area contributed by atoms with Gasteiger partial charge in [0.1, 0.15) is 5.75 Å². The number of nitrogen functional groups attached to an aromatic ring is 1. The van der Waals surface area contributed by atoms with E-state index < -0.39 is 5.97 Å². The Bertz CT molecular complexity index is 524. The largest absolute Gasteiger partial charge is 0.481 e. The fourth-order valence-electron chi connectivity index (χ4n) is 1.13. The molecule has 6 nitrogen and oxygen atoms in total. The van der Waals surface area contributed by atoms with Crippen LogP contribution in [0.1, 0.15) is 0 Å². The Labute approximate surface area is 101 Å². The van der Waals surface area contributed by atoms with Gasteiger partial charge in [0.15, 0.2) is 0 Å². The topological polar surface area (TPSA) is 102 Å². The highest BCUT2D eigenvalue weighted by Crippen LogP contribution is 2.23. The van der Waals surface area contributed by atoms with Gasteiger partial charge in [-0.3, -0.25) is 4.79 Å². The molecule has 3 N–H and O–H groups in total. The van der Waals surface area contributed by atoms with Crippen molar-refractivity contribution < 1.29 is 14.3 Å². The number of nitrogens with zero attached hydrogens (tertiary/aromatic N) is 2. The molecule has 0 saturated heterocycles. The summed E-state index contributed by atoms with van der Waals surface area (Å²) in [5, 5.41) is 16.3. The lowest BCUT2D eigenvalue weighted by Gasteiger charge is -1.95. The van der Waals surface area contributed by atoms with E-state index in [1.54, 1.807) is 24.3 Å². The van der Waals surface area contributed by atoms with Gasteiger partial charge in [-0.15, -0.1) is 10.2 Å². The van der Waals surface area contributed by atoms with Crippen LogP contribution in [0.15, 0.2) is 33.9 Å². The Morgan fingerprint density at radius 2 is 2.06 bits per heavy atom. The number of carbonyl (C=O) groups is 1. The summed E-state index contributed by atoms with van der Waals surface area (Å²) in [6, 6.07) is 6.97. The minimum absolute atomic E-state index is 0.108. The number of aromatic nitrogens is 2. The molecule has 0 saturated carbocycles. The van der Waals surface area contributed by atoms with Crippen molar-refractivity contribution in [2.75, 3.05) is 11.5 Å². The molecular formula is C10H9N3O3S. The van der Waals surface area contributed by atoms with Gasteiger partial charge in [0.25, 0.3) is 5.22 Å². The molecule has 17 heavy (non-hydrogen) atoms. The summed E-state index contributed by atoms with van der Waals surface area (Å²) in [4.78, 5) is 10.4. The standard InChI is InChI=1S/C10H9N3O3S/c11-7-3-1-6(2-4-7)9-12-13-10(16-9)17-5-8(14)15/h1-4H,5,11H2,(H,14,15). The molecule has 0 atom stereocenters. The van der Waals surface area contributed by atoms with Gasteiger partial charge in [-0.2, -0.15) is 0 Å². The molecule has 88 valence electrons. The summed E-state index contributed by atoms with van der Waals surface area (Å²) in [5.41, 5.74) is 6.95. The maximum atomic E-state index is 10.4. The Kier molecular flexibility index (Phi) is 3.29. The van der Waals surface area contributed by atoms with Crippen molar-refractivity contribution in [3.05, 3.63) is 24.3 Å². The molecule has 2 aromatic rings. The number of carboxylic acids is 1. The number of benzene rings is 1. The Hall–Kier alpha value is -2.02. The first-order valence-corrected chi connectivity index (χ1v) is 5.68. The third kappa shape index (κ3) is 2.97. The predicted molar refractivity (Wildman–Crippen MR) is 62.5 cm³/mol. The predicted octanol–water partition coefficient (Wildman–Crippen LogP) is 1.50. The molecule has 1 aromatic heterocycles. The van der Waals surface area contributed by atoms with Gasteiger partial charge in [0.2, 0.25) is 5.89 Å². The van der Waals surface area contributed by atoms with Crippen LogP contribution in [0.5, 0.6) is 0 Å². The number of hydrogen-bond donors (Lipinski definition) is 2. The minimum Gasteiger partial charge on any atom is -0.481 e. The van der Waals surface area contributed by atoms with E-state index in [1.165, 1.54) is 0 Å². The maximum Gasteiger partial charge on any atom is 0.314 e. The van der Waals surface area contributed by atoms with Gasteiger partial charge < -0.3 is 15.3 Å². The number of carboxylic acid groups (broad SMARTS) is 1. The van der Waals surface area contributed by atoms with E-state index in [0.717, 1.165) is 17.3 Å². The van der Waals surface area contributed by atoms with Crippen LogP contribution in [0.25, 0.3) is 11.5 Å². The summed E-state index contributed by atoms with van der Waals surface area (Å²) in [7, 11) is 0. The molecular weight excluding hydrogens is 242 g/mol. The molecule has 0 bridgehead atoms. The van der Waals surface area contributed by atoms with Gasteiger partial charge in [-0.25, -0.2) is 0 Å². The van der Waals surface area contributed by atoms with Crippen molar-refractivity contribution >= 4 is 23.4 Å². The van der Waals surface area contributed by atoms with Gasteiger partial charge in [-0.1, -0.05) is 11.8 Å². The van der Waals surface area contributed by atoms with E-state index in [9.17, 15) is 4.79 Å². The van der Waals surface area contributed by atoms with Crippen LogP contribution in [-0.2, 0) is 4.79 Å². The average Bonchev–Trinajstić information content (AvgIpc) is 2.76.